The van der Waals surface area contributed by atoms with Gasteiger partial charge in [0.2, 0.25) is 0 Å². The molecule has 0 aromatic carbocycles. The van der Waals surface area contributed by atoms with Crippen molar-refractivity contribution in [3.8, 4) is 0 Å². The van der Waals surface area contributed by atoms with Crippen molar-refractivity contribution in [3.05, 3.63) is 5.82 Å². The fourth-order valence-corrected chi connectivity index (χ4v) is 1.30. The van der Waals surface area contributed by atoms with E-state index in [0.29, 0.717) is 18.3 Å². The molecular formula is C8H17N5O. The summed E-state index contributed by atoms with van der Waals surface area (Å²) in [5.74, 6) is 1.09. The van der Waals surface area contributed by atoms with Crippen molar-refractivity contribution in [2.24, 2.45) is 11.7 Å². The maximum absolute atomic E-state index is 5.71. The number of tetrazole rings is 1. The van der Waals surface area contributed by atoms with Crippen LogP contribution in [-0.4, -0.2) is 33.9 Å². The molecular weight excluding hydrogens is 182 g/mol. The molecule has 80 valence electrons. The third-order valence-electron chi connectivity index (χ3n) is 1.90. The number of methoxy groups -OCH3 is 1. The lowest BCUT2D eigenvalue weighted by Crippen LogP contribution is -2.19. The van der Waals surface area contributed by atoms with Gasteiger partial charge in [-0.3, -0.25) is 0 Å². The van der Waals surface area contributed by atoms with Crippen LogP contribution in [0.4, 0.5) is 0 Å². The molecule has 2 atom stereocenters. The van der Waals surface area contributed by atoms with Crippen LogP contribution in [0.15, 0.2) is 0 Å². The molecule has 1 aromatic rings. The van der Waals surface area contributed by atoms with Crippen LogP contribution in [0.3, 0.4) is 0 Å². The lowest BCUT2D eigenvalue weighted by atomic mass is 10.2. The van der Waals surface area contributed by atoms with Gasteiger partial charge in [0, 0.05) is 13.7 Å². The Bertz CT molecular complexity index is 272. The molecule has 1 rings (SSSR count). The zero-order chi connectivity index (χ0) is 10.6. The maximum Gasteiger partial charge on any atom is 0.167 e. The van der Waals surface area contributed by atoms with Gasteiger partial charge in [0.05, 0.1) is 12.6 Å². The fraction of sp³-hybridized carbons (Fsp3) is 0.875. The van der Waals surface area contributed by atoms with Gasteiger partial charge in [-0.1, -0.05) is 6.92 Å². The highest BCUT2D eigenvalue weighted by molar-refractivity contribution is 4.87. The monoisotopic (exact) mass is 199 g/mol. The molecule has 2 unspecified atom stereocenters. The first kappa shape index (κ1) is 11.1. The molecule has 6 nitrogen and oxygen atoms in total. The first-order chi connectivity index (χ1) is 6.65. The summed E-state index contributed by atoms with van der Waals surface area (Å²) in [6.45, 7) is 5.37. The number of aromatic nitrogens is 4. The van der Waals surface area contributed by atoms with Crippen LogP contribution in [0.2, 0.25) is 0 Å². The van der Waals surface area contributed by atoms with E-state index in [-0.39, 0.29) is 6.04 Å². The van der Waals surface area contributed by atoms with Crippen molar-refractivity contribution >= 4 is 0 Å². The molecule has 0 aliphatic heterocycles. The topological polar surface area (TPSA) is 78.8 Å². The van der Waals surface area contributed by atoms with E-state index in [9.17, 15) is 0 Å². The lowest BCUT2D eigenvalue weighted by molar-refractivity contribution is 0.148. The van der Waals surface area contributed by atoms with Crippen LogP contribution in [0.5, 0.6) is 0 Å². The SMILES string of the molecule is COCC(C)Cn1nnnc1C(C)N. The van der Waals surface area contributed by atoms with Gasteiger partial charge in [-0.15, -0.1) is 5.10 Å². The van der Waals surface area contributed by atoms with Crippen molar-refractivity contribution in [2.75, 3.05) is 13.7 Å². The molecule has 0 fully saturated rings. The highest BCUT2D eigenvalue weighted by Gasteiger charge is 2.12. The molecule has 0 amide bonds. The molecule has 1 heterocycles. The maximum atomic E-state index is 5.71. The molecule has 14 heavy (non-hydrogen) atoms. The zero-order valence-corrected chi connectivity index (χ0v) is 8.84. The van der Waals surface area contributed by atoms with Crippen molar-refractivity contribution in [1.82, 2.24) is 20.2 Å². The Balaban J connectivity index is 2.61. The van der Waals surface area contributed by atoms with Crippen LogP contribution in [0.25, 0.3) is 0 Å². The molecule has 0 radical (unpaired) electrons. The van der Waals surface area contributed by atoms with Crippen molar-refractivity contribution in [2.45, 2.75) is 26.4 Å². The zero-order valence-electron chi connectivity index (χ0n) is 8.84. The van der Waals surface area contributed by atoms with Crippen molar-refractivity contribution in [1.29, 1.82) is 0 Å². The Hall–Kier alpha value is -1.01. The number of hydrogen-bond donors (Lipinski definition) is 1. The van der Waals surface area contributed by atoms with E-state index in [1.807, 2.05) is 6.92 Å². The Morgan fingerprint density at radius 3 is 2.79 bits per heavy atom. The third kappa shape index (κ3) is 2.74. The second-order valence-electron chi connectivity index (χ2n) is 3.57. The van der Waals surface area contributed by atoms with E-state index < -0.39 is 0 Å². The quantitative estimate of drug-likeness (QED) is 0.720. The standard InChI is InChI=1S/C8H17N5O/c1-6(5-14-3)4-13-8(7(2)9)10-11-12-13/h6-7H,4-5,9H2,1-3H3. The van der Waals surface area contributed by atoms with Crippen LogP contribution in [0.1, 0.15) is 25.7 Å². The number of nitrogens with two attached hydrogens (primary N) is 1. The van der Waals surface area contributed by atoms with Gasteiger partial charge in [-0.2, -0.15) is 0 Å². The number of ether oxygens (including phenoxy) is 1. The summed E-state index contributed by atoms with van der Waals surface area (Å²) < 4.78 is 6.77. The lowest BCUT2D eigenvalue weighted by Gasteiger charge is -2.12. The Labute approximate surface area is 83.4 Å². The molecule has 0 spiro atoms. The summed E-state index contributed by atoms with van der Waals surface area (Å²) in [6, 6.07) is -0.139. The molecule has 2 N–H and O–H groups in total. The van der Waals surface area contributed by atoms with Gasteiger partial charge in [-0.05, 0) is 23.3 Å². The summed E-state index contributed by atoms with van der Waals surface area (Å²) in [5.41, 5.74) is 5.71. The van der Waals surface area contributed by atoms with E-state index in [4.69, 9.17) is 10.5 Å². The molecule has 6 heteroatoms. The highest BCUT2D eigenvalue weighted by Crippen LogP contribution is 2.06. The molecule has 1 aromatic heterocycles. The van der Waals surface area contributed by atoms with Gasteiger partial charge >= 0.3 is 0 Å². The van der Waals surface area contributed by atoms with Crippen molar-refractivity contribution < 1.29 is 4.74 Å². The Morgan fingerprint density at radius 1 is 1.50 bits per heavy atom. The summed E-state index contributed by atoms with van der Waals surface area (Å²) >= 11 is 0. The number of rotatable bonds is 5. The summed E-state index contributed by atoms with van der Waals surface area (Å²) in [7, 11) is 1.68. The Morgan fingerprint density at radius 2 is 2.21 bits per heavy atom. The predicted octanol–water partition coefficient (Wildman–Crippen LogP) is -0.0247. The summed E-state index contributed by atoms with van der Waals surface area (Å²) in [6.07, 6.45) is 0. The van der Waals surface area contributed by atoms with E-state index >= 15 is 0 Å². The first-order valence-corrected chi connectivity index (χ1v) is 4.65. The fourth-order valence-electron chi connectivity index (χ4n) is 1.30. The predicted molar refractivity (Wildman–Crippen MR) is 51.5 cm³/mol. The minimum absolute atomic E-state index is 0.139. The second-order valence-corrected chi connectivity index (χ2v) is 3.57. The van der Waals surface area contributed by atoms with E-state index in [0.717, 1.165) is 6.54 Å². The Kier molecular flexibility index (Phi) is 3.97. The molecule has 0 aliphatic rings. The molecule has 0 bridgehead atoms. The number of hydrogen-bond acceptors (Lipinski definition) is 5. The molecule has 0 aliphatic carbocycles. The van der Waals surface area contributed by atoms with Crippen molar-refractivity contribution in [3.63, 3.8) is 0 Å². The van der Waals surface area contributed by atoms with Gasteiger partial charge in [0.25, 0.3) is 0 Å². The van der Waals surface area contributed by atoms with Gasteiger partial charge in [-0.25, -0.2) is 4.68 Å². The van der Waals surface area contributed by atoms with E-state index in [1.54, 1.807) is 11.8 Å². The normalized spacial score (nSPS) is 15.4. The molecule has 0 saturated carbocycles. The largest absolute Gasteiger partial charge is 0.384 e. The van der Waals surface area contributed by atoms with Gasteiger partial charge in [0.15, 0.2) is 5.82 Å². The third-order valence-corrected chi connectivity index (χ3v) is 1.90. The number of nitrogens with zero attached hydrogens (tertiary/aromatic N) is 4. The minimum atomic E-state index is -0.139. The van der Waals surface area contributed by atoms with Crippen LogP contribution >= 0.6 is 0 Å². The van der Waals surface area contributed by atoms with E-state index in [1.165, 1.54) is 0 Å². The highest BCUT2D eigenvalue weighted by atomic mass is 16.5. The smallest absolute Gasteiger partial charge is 0.167 e. The van der Waals surface area contributed by atoms with E-state index in [2.05, 4.69) is 22.4 Å². The molecule has 0 saturated heterocycles. The van der Waals surface area contributed by atoms with Gasteiger partial charge < -0.3 is 10.5 Å². The minimum Gasteiger partial charge on any atom is -0.384 e. The second kappa shape index (κ2) is 5.02. The summed E-state index contributed by atoms with van der Waals surface area (Å²) in [5, 5.41) is 11.3. The summed E-state index contributed by atoms with van der Waals surface area (Å²) in [4.78, 5) is 0. The first-order valence-electron chi connectivity index (χ1n) is 4.65. The van der Waals surface area contributed by atoms with Gasteiger partial charge in [0.1, 0.15) is 0 Å². The van der Waals surface area contributed by atoms with Crippen LogP contribution < -0.4 is 5.73 Å². The average molecular weight is 199 g/mol. The van der Waals surface area contributed by atoms with Crippen LogP contribution in [-0.2, 0) is 11.3 Å². The average Bonchev–Trinajstić information content (AvgIpc) is 2.52. The van der Waals surface area contributed by atoms with Crippen LogP contribution in [0, 0.1) is 5.92 Å².